The predicted molar refractivity (Wildman–Crippen MR) is 210 cm³/mol. The largest absolute Gasteiger partial charge is 0.456 e. The Morgan fingerprint density at radius 1 is 0.442 bits per heavy atom. The van der Waals surface area contributed by atoms with Crippen LogP contribution < -0.4 is 0 Å². The number of para-hydroxylation sites is 2. The van der Waals surface area contributed by atoms with Crippen molar-refractivity contribution in [3.05, 3.63) is 180 Å². The quantitative estimate of drug-likeness (QED) is 0.188. The average molecular weight is 667 g/mol. The molecule has 4 nitrogen and oxygen atoms in total. The molecule has 0 radical (unpaired) electrons. The summed E-state index contributed by atoms with van der Waals surface area (Å²) in [5.74, 6) is 0.821. The Labute approximate surface area is 299 Å². The van der Waals surface area contributed by atoms with Gasteiger partial charge in [-0.1, -0.05) is 121 Å². The second-order valence-corrected chi connectivity index (χ2v) is 13.7. The molecular formula is C48H30N2O2. The molecule has 1 aliphatic rings. The summed E-state index contributed by atoms with van der Waals surface area (Å²) in [5, 5.41) is 4.47. The van der Waals surface area contributed by atoms with Crippen molar-refractivity contribution < 1.29 is 8.83 Å². The molecule has 1 aliphatic carbocycles. The molecule has 52 heavy (non-hydrogen) atoms. The standard InChI is InChI=1S/C48H30N2O2/c1-3-12-29(13-4-1)42-28-43(30-14-5-2-6-15-30)50-48(49-42)37-20-11-19-36-40-24-31(22-23-45(40)52-47(36)37)38-25-32-26-46-41(35-18-9-10-21-44(35)51-46)27-39(32)34-17-8-7-16-33(34)38/h1-24,26-28,38H,25H2. The van der Waals surface area contributed by atoms with E-state index in [1.54, 1.807) is 0 Å². The van der Waals surface area contributed by atoms with E-state index in [1.807, 2.05) is 42.5 Å². The van der Waals surface area contributed by atoms with Gasteiger partial charge < -0.3 is 8.83 Å². The maximum absolute atomic E-state index is 6.68. The molecule has 4 heteroatoms. The molecule has 0 aliphatic heterocycles. The molecule has 0 spiro atoms. The van der Waals surface area contributed by atoms with Gasteiger partial charge in [0, 0.05) is 38.6 Å². The molecule has 0 fully saturated rings. The number of nitrogens with zero attached hydrogens (tertiary/aromatic N) is 2. The summed E-state index contributed by atoms with van der Waals surface area (Å²) in [6.07, 6.45) is 0.883. The summed E-state index contributed by atoms with van der Waals surface area (Å²) in [4.78, 5) is 10.2. The number of benzene rings is 7. The van der Waals surface area contributed by atoms with E-state index >= 15 is 0 Å². The highest BCUT2D eigenvalue weighted by atomic mass is 16.3. The molecule has 0 amide bonds. The van der Waals surface area contributed by atoms with E-state index in [0.717, 1.165) is 73.0 Å². The summed E-state index contributed by atoms with van der Waals surface area (Å²) in [6.45, 7) is 0. The van der Waals surface area contributed by atoms with Crippen molar-refractivity contribution in [3.8, 4) is 45.0 Å². The van der Waals surface area contributed by atoms with E-state index in [-0.39, 0.29) is 5.92 Å². The fourth-order valence-electron chi connectivity index (χ4n) is 8.20. The van der Waals surface area contributed by atoms with Crippen molar-refractivity contribution in [2.45, 2.75) is 12.3 Å². The van der Waals surface area contributed by atoms with E-state index in [0.29, 0.717) is 5.82 Å². The van der Waals surface area contributed by atoms with Crippen LogP contribution in [0.3, 0.4) is 0 Å². The topological polar surface area (TPSA) is 52.1 Å². The van der Waals surface area contributed by atoms with Gasteiger partial charge >= 0.3 is 0 Å². The van der Waals surface area contributed by atoms with Crippen LogP contribution in [0.25, 0.3) is 88.9 Å². The van der Waals surface area contributed by atoms with Crippen molar-refractivity contribution in [1.82, 2.24) is 9.97 Å². The molecule has 1 unspecified atom stereocenters. The molecule has 11 rings (SSSR count). The van der Waals surface area contributed by atoms with E-state index in [4.69, 9.17) is 18.8 Å². The number of rotatable bonds is 4. The summed E-state index contributed by atoms with van der Waals surface area (Å²) in [7, 11) is 0. The maximum atomic E-state index is 6.68. The van der Waals surface area contributed by atoms with Crippen molar-refractivity contribution in [3.63, 3.8) is 0 Å². The van der Waals surface area contributed by atoms with Crippen LogP contribution in [0.5, 0.6) is 0 Å². The van der Waals surface area contributed by atoms with Crippen LogP contribution in [-0.4, -0.2) is 9.97 Å². The third kappa shape index (κ3) is 4.54. The minimum absolute atomic E-state index is 0.183. The lowest BCUT2D eigenvalue weighted by Crippen LogP contribution is -2.12. The van der Waals surface area contributed by atoms with E-state index < -0.39 is 0 Å². The number of furan rings is 2. The van der Waals surface area contributed by atoms with Gasteiger partial charge in [0.1, 0.15) is 22.3 Å². The van der Waals surface area contributed by atoms with Crippen LogP contribution in [0.4, 0.5) is 0 Å². The van der Waals surface area contributed by atoms with Gasteiger partial charge in [0.05, 0.1) is 17.0 Å². The van der Waals surface area contributed by atoms with Crippen molar-refractivity contribution in [2.24, 2.45) is 0 Å². The zero-order valence-electron chi connectivity index (χ0n) is 28.1. The summed E-state index contributed by atoms with van der Waals surface area (Å²) in [6, 6.07) is 57.4. The molecule has 1 atom stereocenters. The Balaban J connectivity index is 1.05. The first-order valence-electron chi connectivity index (χ1n) is 17.7. The monoisotopic (exact) mass is 666 g/mol. The second-order valence-electron chi connectivity index (χ2n) is 13.7. The third-order valence-electron chi connectivity index (χ3n) is 10.7. The van der Waals surface area contributed by atoms with Crippen LogP contribution in [0.2, 0.25) is 0 Å². The van der Waals surface area contributed by atoms with Crippen molar-refractivity contribution in [2.75, 3.05) is 0 Å². The fraction of sp³-hybridized carbons (Fsp3) is 0.0417. The van der Waals surface area contributed by atoms with Gasteiger partial charge in [-0.15, -0.1) is 0 Å². The highest BCUT2D eigenvalue weighted by molar-refractivity contribution is 6.10. The van der Waals surface area contributed by atoms with Crippen LogP contribution in [0.1, 0.15) is 22.6 Å². The molecule has 3 heterocycles. The second kappa shape index (κ2) is 11.4. The van der Waals surface area contributed by atoms with Crippen LogP contribution >= 0.6 is 0 Å². The van der Waals surface area contributed by atoms with E-state index in [1.165, 1.54) is 33.2 Å². The van der Waals surface area contributed by atoms with Gasteiger partial charge in [0.15, 0.2) is 5.82 Å². The Hall–Kier alpha value is -6.78. The lowest BCUT2D eigenvalue weighted by molar-refractivity contribution is 0.667. The first kappa shape index (κ1) is 29.0. The van der Waals surface area contributed by atoms with E-state index in [9.17, 15) is 0 Å². The first-order chi connectivity index (χ1) is 25.7. The minimum atomic E-state index is 0.183. The summed E-state index contributed by atoms with van der Waals surface area (Å²) >= 11 is 0. The van der Waals surface area contributed by atoms with Gasteiger partial charge in [0.2, 0.25) is 0 Å². The Bertz CT molecular complexity index is 2940. The molecule has 244 valence electrons. The molecule has 0 bridgehead atoms. The van der Waals surface area contributed by atoms with Crippen LogP contribution in [-0.2, 0) is 6.42 Å². The van der Waals surface area contributed by atoms with Gasteiger partial charge in [-0.25, -0.2) is 9.97 Å². The van der Waals surface area contributed by atoms with Gasteiger partial charge in [-0.2, -0.15) is 0 Å². The fourth-order valence-corrected chi connectivity index (χ4v) is 8.20. The minimum Gasteiger partial charge on any atom is -0.456 e. The lowest BCUT2D eigenvalue weighted by atomic mass is 9.75. The average Bonchev–Trinajstić information content (AvgIpc) is 3.78. The molecule has 3 aromatic heterocycles. The maximum Gasteiger partial charge on any atom is 0.164 e. The van der Waals surface area contributed by atoms with Crippen LogP contribution in [0.15, 0.2) is 173 Å². The van der Waals surface area contributed by atoms with Gasteiger partial charge in [-0.05, 0) is 76.7 Å². The zero-order valence-corrected chi connectivity index (χ0v) is 28.1. The number of hydrogen-bond acceptors (Lipinski definition) is 4. The Kier molecular flexibility index (Phi) is 6.34. The van der Waals surface area contributed by atoms with E-state index in [2.05, 4.69) is 121 Å². The molecular weight excluding hydrogens is 637 g/mol. The normalized spacial score (nSPS) is 13.9. The summed E-state index contributed by atoms with van der Waals surface area (Å²) < 4.78 is 13.0. The predicted octanol–water partition coefficient (Wildman–Crippen LogP) is 12.6. The summed E-state index contributed by atoms with van der Waals surface area (Å²) in [5.41, 5.74) is 14.7. The molecule has 0 N–H and O–H groups in total. The SMILES string of the molecule is c1ccc(-c2cc(-c3ccccc3)nc(-c3cccc4c3oc3ccc(C5Cc6cc7oc8ccccc8c7cc6-c6ccccc65)cc34)n2)cc1. The molecule has 10 aromatic rings. The third-order valence-corrected chi connectivity index (χ3v) is 10.7. The molecule has 0 saturated heterocycles. The Morgan fingerprint density at radius 3 is 1.90 bits per heavy atom. The molecule has 7 aromatic carbocycles. The Morgan fingerprint density at radius 2 is 1.10 bits per heavy atom. The van der Waals surface area contributed by atoms with Gasteiger partial charge in [-0.3, -0.25) is 0 Å². The van der Waals surface area contributed by atoms with Crippen LogP contribution in [0, 0.1) is 0 Å². The molecule has 0 saturated carbocycles. The number of hydrogen-bond donors (Lipinski definition) is 0. The van der Waals surface area contributed by atoms with Crippen molar-refractivity contribution in [1.29, 1.82) is 0 Å². The zero-order chi connectivity index (χ0) is 34.2. The lowest BCUT2D eigenvalue weighted by Gasteiger charge is -2.28. The number of aromatic nitrogens is 2. The van der Waals surface area contributed by atoms with Crippen molar-refractivity contribution >= 4 is 43.9 Å². The highest BCUT2D eigenvalue weighted by Gasteiger charge is 2.28. The first-order valence-corrected chi connectivity index (χ1v) is 17.7. The highest BCUT2D eigenvalue weighted by Crippen LogP contribution is 2.46. The van der Waals surface area contributed by atoms with Gasteiger partial charge in [0.25, 0.3) is 0 Å². The smallest absolute Gasteiger partial charge is 0.164 e. The number of fused-ring (bicyclic) bond motifs is 9.